The number of phenolic OH excluding ortho intramolecular Hbond substituents is 1. The lowest BCUT2D eigenvalue weighted by atomic mass is 9.96. The van der Waals surface area contributed by atoms with Gasteiger partial charge in [0.2, 0.25) is 0 Å². The number of halogens is 2. The third-order valence-corrected chi connectivity index (χ3v) is 2.51. The van der Waals surface area contributed by atoms with E-state index >= 15 is 0 Å². The summed E-state index contributed by atoms with van der Waals surface area (Å²) in [5.41, 5.74) is 5.62. The van der Waals surface area contributed by atoms with E-state index in [4.69, 9.17) is 17.3 Å². The molecule has 0 aliphatic carbocycles. The first kappa shape index (κ1) is 11.3. The van der Waals surface area contributed by atoms with Gasteiger partial charge >= 0.3 is 0 Å². The summed E-state index contributed by atoms with van der Waals surface area (Å²) in [6, 6.07) is 2.59. The molecule has 0 spiro atoms. The van der Waals surface area contributed by atoms with Crippen molar-refractivity contribution in [2.75, 3.05) is 6.54 Å². The van der Waals surface area contributed by atoms with E-state index < -0.39 is 5.82 Å². The minimum Gasteiger partial charge on any atom is -0.506 e. The van der Waals surface area contributed by atoms with E-state index in [1.54, 1.807) is 6.92 Å². The Bertz CT molecular complexity index is 330. The monoisotopic (exact) mass is 217 g/mol. The smallest absolute Gasteiger partial charge is 0.140 e. The second kappa shape index (κ2) is 4.62. The quantitative estimate of drug-likeness (QED) is 0.818. The maximum absolute atomic E-state index is 13.3. The first-order valence-corrected chi connectivity index (χ1v) is 4.82. The molecular formula is C10H13ClFNO. The van der Waals surface area contributed by atoms with Crippen molar-refractivity contribution in [2.45, 2.75) is 19.3 Å². The van der Waals surface area contributed by atoms with Crippen LogP contribution in [0.1, 0.15) is 24.8 Å². The van der Waals surface area contributed by atoms with Gasteiger partial charge < -0.3 is 10.8 Å². The van der Waals surface area contributed by atoms with Gasteiger partial charge in [-0.25, -0.2) is 4.39 Å². The first-order valence-electron chi connectivity index (χ1n) is 4.44. The summed E-state index contributed by atoms with van der Waals surface area (Å²) in [4.78, 5) is 0. The zero-order chi connectivity index (χ0) is 10.7. The zero-order valence-electron chi connectivity index (χ0n) is 7.93. The number of phenols is 1. The minimum absolute atomic E-state index is 0.126. The second-order valence-electron chi connectivity index (χ2n) is 3.27. The van der Waals surface area contributed by atoms with Crippen LogP contribution in [0.5, 0.6) is 5.75 Å². The number of benzene rings is 1. The summed E-state index contributed by atoms with van der Waals surface area (Å²) in [6.07, 6.45) is 0.616. The predicted molar refractivity (Wildman–Crippen MR) is 55.2 cm³/mol. The molecule has 0 aliphatic rings. The van der Waals surface area contributed by atoms with Crippen LogP contribution in [-0.2, 0) is 0 Å². The van der Waals surface area contributed by atoms with Crippen molar-refractivity contribution < 1.29 is 9.50 Å². The highest BCUT2D eigenvalue weighted by Crippen LogP contribution is 2.35. The van der Waals surface area contributed by atoms with Gasteiger partial charge in [-0.1, -0.05) is 18.5 Å². The molecule has 0 radical (unpaired) electrons. The van der Waals surface area contributed by atoms with Crippen molar-refractivity contribution in [1.82, 2.24) is 0 Å². The number of nitrogens with two attached hydrogens (primary N) is 1. The minimum atomic E-state index is -0.437. The molecule has 1 aromatic rings. The van der Waals surface area contributed by atoms with Crippen LogP contribution in [0.3, 0.4) is 0 Å². The van der Waals surface area contributed by atoms with Crippen LogP contribution in [0, 0.1) is 5.82 Å². The number of hydrogen-bond acceptors (Lipinski definition) is 2. The molecule has 0 amide bonds. The van der Waals surface area contributed by atoms with Gasteiger partial charge in [-0.3, -0.25) is 0 Å². The summed E-state index contributed by atoms with van der Waals surface area (Å²) in [6.45, 7) is 2.26. The molecule has 0 fully saturated rings. The molecule has 0 aromatic heterocycles. The first-order chi connectivity index (χ1) is 6.57. The molecule has 4 heteroatoms. The molecule has 14 heavy (non-hydrogen) atoms. The topological polar surface area (TPSA) is 46.2 Å². The van der Waals surface area contributed by atoms with Crippen molar-refractivity contribution in [3.63, 3.8) is 0 Å². The highest BCUT2D eigenvalue weighted by molar-refractivity contribution is 6.32. The summed E-state index contributed by atoms with van der Waals surface area (Å²) in [7, 11) is 0. The SMILES string of the molecule is CC(CCN)c1c(F)ccc(Cl)c1O. The molecule has 0 saturated carbocycles. The standard InChI is InChI=1S/C10H13ClFNO/c1-6(4-5-13)9-8(12)3-2-7(11)10(9)14/h2-3,6,14H,4-5,13H2,1H3. The number of rotatable bonds is 3. The van der Waals surface area contributed by atoms with Crippen LogP contribution in [0.4, 0.5) is 4.39 Å². The maximum Gasteiger partial charge on any atom is 0.140 e. The van der Waals surface area contributed by atoms with Gasteiger partial charge in [-0.05, 0) is 31.0 Å². The normalized spacial score (nSPS) is 12.9. The Balaban J connectivity index is 3.11. The van der Waals surface area contributed by atoms with Crippen LogP contribution >= 0.6 is 11.6 Å². The molecule has 1 unspecified atom stereocenters. The molecule has 1 atom stereocenters. The van der Waals surface area contributed by atoms with E-state index in [0.717, 1.165) is 0 Å². The average Bonchev–Trinajstić information content (AvgIpc) is 2.13. The van der Waals surface area contributed by atoms with Crippen LogP contribution in [0.2, 0.25) is 5.02 Å². The molecule has 0 saturated heterocycles. The predicted octanol–water partition coefficient (Wildman–Crippen LogP) is 2.64. The molecule has 1 aromatic carbocycles. The third-order valence-electron chi connectivity index (χ3n) is 2.21. The summed E-state index contributed by atoms with van der Waals surface area (Å²) >= 11 is 5.68. The Morgan fingerprint density at radius 2 is 2.21 bits per heavy atom. The molecular weight excluding hydrogens is 205 g/mol. The van der Waals surface area contributed by atoms with E-state index in [-0.39, 0.29) is 22.3 Å². The van der Waals surface area contributed by atoms with E-state index in [9.17, 15) is 9.50 Å². The summed E-state index contributed by atoms with van der Waals surface area (Å²) in [5, 5.41) is 9.73. The summed E-state index contributed by atoms with van der Waals surface area (Å²) in [5.74, 6) is -0.737. The Kier molecular flexibility index (Phi) is 3.72. The average molecular weight is 218 g/mol. The van der Waals surface area contributed by atoms with Gasteiger partial charge in [-0.15, -0.1) is 0 Å². The molecule has 0 bridgehead atoms. The van der Waals surface area contributed by atoms with Crippen molar-refractivity contribution in [3.8, 4) is 5.75 Å². The molecule has 78 valence electrons. The lowest BCUT2D eigenvalue weighted by molar-refractivity contribution is 0.449. The highest BCUT2D eigenvalue weighted by Gasteiger charge is 2.17. The van der Waals surface area contributed by atoms with E-state index in [1.807, 2.05) is 0 Å². The lowest BCUT2D eigenvalue weighted by Crippen LogP contribution is -2.06. The Labute approximate surface area is 87.5 Å². The van der Waals surface area contributed by atoms with Crippen molar-refractivity contribution in [2.24, 2.45) is 5.73 Å². The van der Waals surface area contributed by atoms with Crippen LogP contribution < -0.4 is 5.73 Å². The van der Waals surface area contributed by atoms with E-state index in [1.165, 1.54) is 12.1 Å². The lowest BCUT2D eigenvalue weighted by Gasteiger charge is -2.14. The van der Waals surface area contributed by atoms with Gasteiger partial charge in [-0.2, -0.15) is 0 Å². The van der Waals surface area contributed by atoms with Gasteiger partial charge in [0.05, 0.1) is 5.02 Å². The summed E-state index contributed by atoms with van der Waals surface area (Å²) < 4.78 is 13.3. The molecule has 0 heterocycles. The third kappa shape index (κ3) is 2.16. The largest absolute Gasteiger partial charge is 0.506 e. The van der Waals surface area contributed by atoms with E-state index in [2.05, 4.69) is 0 Å². The fraction of sp³-hybridized carbons (Fsp3) is 0.400. The Morgan fingerprint density at radius 1 is 1.57 bits per heavy atom. The van der Waals surface area contributed by atoms with Crippen molar-refractivity contribution >= 4 is 11.6 Å². The molecule has 0 aliphatic heterocycles. The Hall–Kier alpha value is -0.800. The second-order valence-corrected chi connectivity index (χ2v) is 3.68. The van der Waals surface area contributed by atoms with Crippen molar-refractivity contribution in [1.29, 1.82) is 0 Å². The van der Waals surface area contributed by atoms with Gasteiger partial charge in [0.1, 0.15) is 11.6 Å². The van der Waals surface area contributed by atoms with Crippen LogP contribution in [0.15, 0.2) is 12.1 Å². The van der Waals surface area contributed by atoms with Gasteiger partial charge in [0.15, 0.2) is 0 Å². The van der Waals surface area contributed by atoms with Crippen LogP contribution in [0.25, 0.3) is 0 Å². The van der Waals surface area contributed by atoms with Crippen LogP contribution in [-0.4, -0.2) is 11.7 Å². The fourth-order valence-corrected chi connectivity index (χ4v) is 1.58. The zero-order valence-corrected chi connectivity index (χ0v) is 8.68. The van der Waals surface area contributed by atoms with E-state index in [0.29, 0.717) is 13.0 Å². The maximum atomic E-state index is 13.3. The molecule has 2 nitrogen and oxygen atoms in total. The number of aromatic hydroxyl groups is 1. The highest BCUT2D eigenvalue weighted by atomic mass is 35.5. The Morgan fingerprint density at radius 3 is 2.79 bits per heavy atom. The molecule has 1 rings (SSSR count). The number of hydrogen-bond donors (Lipinski definition) is 2. The van der Waals surface area contributed by atoms with Gasteiger partial charge in [0, 0.05) is 5.56 Å². The van der Waals surface area contributed by atoms with Gasteiger partial charge in [0.25, 0.3) is 0 Å². The fourth-order valence-electron chi connectivity index (χ4n) is 1.42. The van der Waals surface area contributed by atoms with Crippen molar-refractivity contribution in [3.05, 3.63) is 28.5 Å². The molecule has 3 N–H and O–H groups in total.